The van der Waals surface area contributed by atoms with Crippen molar-refractivity contribution >= 4 is 38.8 Å². The Kier molecular flexibility index (Phi) is 18.5. The van der Waals surface area contributed by atoms with E-state index in [0.29, 0.717) is 24.1 Å². The summed E-state index contributed by atoms with van der Waals surface area (Å²) < 4.78 is 26.5. The minimum Gasteiger partial charge on any atom is -0.506 e. The maximum absolute atomic E-state index is 13.2. The summed E-state index contributed by atoms with van der Waals surface area (Å²) in [6.07, 6.45) is 18.2. The zero-order chi connectivity index (χ0) is 33.6. The fourth-order valence-corrected chi connectivity index (χ4v) is 7.16. The average molecular weight is 655 g/mol. The molecular formula is C36H54N4O5S. The maximum atomic E-state index is 13.2. The van der Waals surface area contributed by atoms with Crippen LogP contribution in [0.25, 0.3) is 0 Å². The number of aromatic hydroxyl groups is 1. The van der Waals surface area contributed by atoms with Gasteiger partial charge in [-0.1, -0.05) is 110 Å². The number of phenolic OH excluding ortho intramolecular Hbond substituents is 1. The van der Waals surface area contributed by atoms with E-state index in [-0.39, 0.29) is 29.3 Å². The van der Waals surface area contributed by atoms with Crippen LogP contribution < -0.4 is 16.0 Å². The number of benzene rings is 2. The van der Waals surface area contributed by atoms with Gasteiger partial charge in [-0.3, -0.25) is 4.79 Å². The second-order valence-electron chi connectivity index (χ2n) is 12.1. The molecule has 2 aromatic carbocycles. The van der Waals surface area contributed by atoms with Crippen LogP contribution in [0.5, 0.6) is 5.75 Å². The molecule has 0 radical (unpaired) electrons. The molecule has 0 saturated carbocycles. The van der Waals surface area contributed by atoms with Gasteiger partial charge >= 0.3 is 6.03 Å². The number of nitriles is 1. The van der Waals surface area contributed by atoms with Gasteiger partial charge in [0.05, 0.1) is 23.1 Å². The van der Waals surface area contributed by atoms with Crippen molar-refractivity contribution < 1.29 is 23.1 Å². The molecule has 4 N–H and O–H groups in total. The van der Waals surface area contributed by atoms with Crippen molar-refractivity contribution in [1.29, 1.82) is 5.26 Å². The van der Waals surface area contributed by atoms with Gasteiger partial charge < -0.3 is 21.1 Å². The van der Waals surface area contributed by atoms with Gasteiger partial charge in [-0.25, -0.2) is 13.2 Å². The van der Waals surface area contributed by atoms with Gasteiger partial charge in [0.2, 0.25) is 5.91 Å². The van der Waals surface area contributed by atoms with Gasteiger partial charge in [0, 0.05) is 17.4 Å². The lowest BCUT2D eigenvalue weighted by Gasteiger charge is -2.18. The molecule has 0 aliphatic carbocycles. The second kappa shape index (κ2) is 22.0. The van der Waals surface area contributed by atoms with Gasteiger partial charge in [0.1, 0.15) is 11.0 Å². The molecule has 2 aromatic rings. The molecule has 0 bridgehead atoms. The summed E-state index contributed by atoms with van der Waals surface area (Å²) in [6.45, 7) is 4.20. The highest BCUT2D eigenvalue weighted by Crippen LogP contribution is 2.28. The van der Waals surface area contributed by atoms with E-state index in [1.165, 1.54) is 82.4 Å². The van der Waals surface area contributed by atoms with Crippen LogP contribution in [0, 0.1) is 11.3 Å². The first-order valence-electron chi connectivity index (χ1n) is 17.1. The van der Waals surface area contributed by atoms with Gasteiger partial charge in [0.15, 0.2) is 9.84 Å². The Bertz CT molecular complexity index is 1340. The van der Waals surface area contributed by atoms with Gasteiger partial charge in [-0.2, -0.15) is 5.26 Å². The van der Waals surface area contributed by atoms with Crippen LogP contribution in [0.2, 0.25) is 0 Å². The number of nitrogens with zero attached hydrogens (tertiary/aromatic N) is 1. The van der Waals surface area contributed by atoms with E-state index in [4.69, 9.17) is 5.26 Å². The second-order valence-corrected chi connectivity index (χ2v) is 14.4. The number of unbranched alkanes of at least 4 members (excludes halogenated alkanes) is 14. The van der Waals surface area contributed by atoms with E-state index in [1.54, 1.807) is 24.3 Å². The first-order valence-corrected chi connectivity index (χ1v) is 18.8. The third kappa shape index (κ3) is 15.1. The zero-order valence-electron chi connectivity index (χ0n) is 27.8. The number of hydrogen-bond donors (Lipinski definition) is 4. The summed E-state index contributed by atoms with van der Waals surface area (Å²) in [6, 6.07) is 11.9. The average Bonchev–Trinajstić information content (AvgIpc) is 3.03. The predicted octanol–water partition coefficient (Wildman–Crippen LogP) is 9.30. The number of amides is 3. The topological polar surface area (TPSA) is 148 Å². The maximum Gasteiger partial charge on any atom is 0.323 e. The lowest BCUT2D eigenvalue weighted by Crippen LogP contribution is -2.36. The monoisotopic (exact) mass is 654 g/mol. The summed E-state index contributed by atoms with van der Waals surface area (Å²) >= 11 is 0. The highest BCUT2D eigenvalue weighted by atomic mass is 32.2. The molecule has 3 amide bonds. The standard InChI is InChI=1S/C36H54N4O5S/c1-3-5-7-8-9-10-11-12-13-14-15-16-17-18-26-46(44,45)34(19-6-4-2)35(42)38-31-24-25-32(33(41)27-31)40-36(43)39-30-22-20-29(28-37)21-23-30/h20-25,27,34,41H,3-19,26H2,1-2H3,(H,38,42)(H2,39,40,43). The fourth-order valence-electron chi connectivity index (χ4n) is 5.35. The number of rotatable bonds is 23. The Balaban J connectivity index is 1.78. The van der Waals surface area contributed by atoms with E-state index in [9.17, 15) is 23.1 Å². The number of hydrogen-bond acceptors (Lipinski definition) is 6. The lowest BCUT2D eigenvalue weighted by atomic mass is 10.0. The minimum absolute atomic E-state index is 0.0186. The Morgan fingerprint density at radius 1 is 0.717 bits per heavy atom. The molecule has 0 fully saturated rings. The Hall–Kier alpha value is -3.58. The first-order chi connectivity index (χ1) is 22.2. The summed E-state index contributed by atoms with van der Waals surface area (Å²) in [5, 5.41) is 26.0. The molecule has 46 heavy (non-hydrogen) atoms. The molecule has 254 valence electrons. The van der Waals surface area contributed by atoms with Crippen molar-refractivity contribution in [2.45, 2.75) is 128 Å². The van der Waals surface area contributed by atoms with Crippen LogP contribution in [0.4, 0.5) is 21.9 Å². The number of sulfone groups is 1. The van der Waals surface area contributed by atoms with Crippen molar-refractivity contribution in [3.63, 3.8) is 0 Å². The molecule has 0 aromatic heterocycles. The van der Waals surface area contributed by atoms with Crippen LogP contribution in [0.15, 0.2) is 42.5 Å². The van der Waals surface area contributed by atoms with Crippen molar-refractivity contribution in [2.75, 3.05) is 21.7 Å². The van der Waals surface area contributed by atoms with E-state index >= 15 is 0 Å². The fraction of sp³-hybridized carbons (Fsp3) is 0.583. The largest absolute Gasteiger partial charge is 0.506 e. The molecule has 0 aliphatic rings. The molecule has 0 spiro atoms. The number of phenols is 1. The molecule has 0 saturated heterocycles. The third-order valence-corrected chi connectivity index (χ3v) is 10.3. The lowest BCUT2D eigenvalue weighted by molar-refractivity contribution is -0.116. The SMILES string of the molecule is CCCCCCCCCCCCCCCCS(=O)(=O)C(CCCC)C(=O)Nc1ccc(NC(=O)Nc2ccc(C#N)cc2)c(O)c1. The Morgan fingerprint density at radius 2 is 1.24 bits per heavy atom. The minimum atomic E-state index is -3.66. The van der Waals surface area contributed by atoms with Gasteiger partial charge in [-0.15, -0.1) is 0 Å². The van der Waals surface area contributed by atoms with E-state index in [1.807, 2.05) is 13.0 Å². The molecule has 9 nitrogen and oxygen atoms in total. The van der Waals surface area contributed by atoms with Crippen molar-refractivity contribution in [2.24, 2.45) is 0 Å². The normalized spacial score (nSPS) is 11.8. The highest BCUT2D eigenvalue weighted by molar-refractivity contribution is 7.92. The van der Waals surface area contributed by atoms with Crippen LogP contribution in [-0.4, -0.2) is 36.5 Å². The van der Waals surface area contributed by atoms with Crippen LogP contribution in [-0.2, 0) is 14.6 Å². The first kappa shape index (κ1) is 38.6. The molecule has 1 atom stereocenters. The highest BCUT2D eigenvalue weighted by Gasteiger charge is 2.31. The number of urea groups is 1. The molecular weight excluding hydrogens is 600 g/mol. The summed E-state index contributed by atoms with van der Waals surface area (Å²) in [4.78, 5) is 25.5. The summed E-state index contributed by atoms with van der Waals surface area (Å²) in [5.41, 5.74) is 1.26. The zero-order valence-corrected chi connectivity index (χ0v) is 28.6. The number of carbonyl (C=O) groups excluding carboxylic acids is 2. The van der Waals surface area contributed by atoms with Crippen molar-refractivity contribution in [3.05, 3.63) is 48.0 Å². The quantitative estimate of drug-likeness (QED) is 0.0693. The summed E-state index contributed by atoms with van der Waals surface area (Å²) in [5.74, 6) is -0.921. The number of anilines is 3. The number of nitrogens with one attached hydrogen (secondary N) is 3. The molecule has 1 unspecified atom stereocenters. The molecule has 2 rings (SSSR count). The predicted molar refractivity (Wildman–Crippen MR) is 188 cm³/mol. The van der Waals surface area contributed by atoms with Crippen LogP contribution in [0.3, 0.4) is 0 Å². The summed E-state index contributed by atoms with van der Waals surface area (Å²) in [7, 11) is -3.66. The number of carbonyl (C=O) groups is 2. The van der Waals surface area contributed by atoms with E-state index in [2.05, 4.69) is 22.9 Å². The Labute approximate surface area is 276 Å². The van der Waals surface area contributed by atoms with Crippen LogP contribution >= 0.6 is 0 Å². The third-order valence-electron chi connectivity index (χ3n) is 8.11. The van der Waals surface area contributed by atoms with Gasteiger partial charge in [0.25, 0.3) is 0 Å². The van der Waals surface area contributed by atoms with Crippen LogP contribution in [0.1, 0.15) is 129 Å². The van der Waals surface area contributed by atoms with E-state index < -0.39 is 27.0 Å². The van der Waals surface area contributed by atoms with Crippen molar-refractivity contribution in [1.82, 2.24) is 0 Å². The smallest absolute Gasteiger partial charge is 0.323 e. The molecule has 0 heterocycles. The molecule has 0 aliphatic heterocycles. The van der Waals surface area contributed by atoms with Crippen molar-refractivity contribution in [3.8, 4) is 11.8 Å². The van der Waals surface area contributed by atoms with E-state index in [0.717, 1.165) is 25.7 Å². The van der Waals surface area contributed by atoms with Gasteiger partial charge in [-0.05, 0) is 49.2 Å². The Morgan fingerprint density at radius 3 is 1.76 bits per heavy atom. The molecule has 10 heteroatoms.